The highest BCUT2D eigenvalue weighted by Crippen LogP contribution is 2.45. The van der Waals surface area contributed by atoms with Crippen molar-refractivity contribution < 1.29 is 4.92 Å². The van der Waals surface area contributed by atoms with Crippen LogP contribution in [-0.2, 0) is 0 Å². The number of thiophene rings is 1. The van der Waals surface area contributed by atoms with E-state index < -0.39 is 0 Å². The van der Waals surface area contributed by atoms with Gasteiger partial charge in [0.05, 0.1) is 21.6 Å². The highest BCUT2D eigenvalue weighted by atomic mass is 32.1. The number of hydrogen-bond donors (Lipinski definition) is 0. The Labute approximate surface area is 307 Å². The van der Waals surface area contributed by atoms with E-state index in [9.17, 15) is 10.1 Å². The molecule has 0 amide bonds. The van der Waals surface area contributed by atoms with Crippen molar-refractivity contribution in [3.63, 3.8) is 0 Å². The minimum Gasteiger partial charge on any atom is -0.309 e. The molecule has 0 bridgehead atoms. The molecule has 0 aliphatic carbocycles. The quantitative estimate of drug-likeness (QED) is 0.127. The van der Waals surface area contributed by atoms with Crippen molar-refractivity contribution in [2.45, 2.75) is 0 Å². The Balaban J connectivity index is 1.26. The maximum absolute atomic E-state index is 12.1. The van der Waals surface area contributed by atoms with Crippen molar-refractivity contribution in [1.82, 2.24) is 19.5 Å². The second-order valence-electron chi connectivity index (χ2n) is 12.9. The number of nitrogens with zero attached hydrogens (tertiary/aromatic N) is 5. The van der Waals surface area contributed by atoms with Gasteiger partial charge >= 0.3 is 0 Å². The van der Waals surface area contributed by atoms with E-state index >= 15 is 0 Å². The Morgan fingerprint density at radius 2 is 1.13 bits per heavy atom. The third-order valence-electron chi connectivity index (χ3n) is 9.74. The molecule has 53 heavy (non-hydrogen) atoms. The number of para-hydroxylation sites is 1. The third-order valence-corrected chi connectivity index (χ3v) is 10.9. The molecule has 0 aliphatic rings. The number of non-ortho nitro benzene ring substituents is 1. The van der Waals surface area contributed by atoms with Crippen molar-refractivity contribution in [2.75, 3.05) is 0 Å². The van der Waals surface area contributed by atoms with Gasteiger partial charge in [0.15, 0.2) is 17.5 Å². The van der Waals surface area contributed by atoms with Crippen LogP contribution in [0.4, 0.5) is 5.69 Å². The van der Waals surface area contributed by atoms with Crippen LogP contribution >= 0.6 is 11.3 Å². The van der Waals surface area contributed by atoms with Gasteiger partial charge in [-0.1, -0.05) is 115 Å². The summed E-state index contributed by atoms with van der Waals surface area (Å²) in [5.74, 6) is 1.63. The first-order chi connectivity index (χ1) is 26.1. The van der Waals surface area contributed by atoms with Crippen molar-refractivity contribution in [3.05, 3.63) is 174 Å². The van der Waals surface area contributed by atoms with Gasteiger partial charge in [0, 0.05) is 65.3 Å². The SMILES string of the molecule is O=[N+]([O-])c1cccc(-c2cc(-c3nc(-c4ccccc4)nc(-c4ccccc4)n3)ccc2-n2c3ccccc3c3c4sc5ccccc5c4ccc32)c1. The summed E-state index contributed by atoms with van der Waals surface area (Å²) in [6.07, 6.45) is 0. The third kappa shape index (κ3) is 5.15. The van der Waals surface area contributed by atoms with Crippen molar-refractivity contribution in [3.8, 4) is 51.0 Å². The minimum absolute atomic E-state index is 0.0194. The Hall–Kier alpha value is -7.03. The van der Waals surface area contributed by atoms with Crippen molar-refractivity contribution >= 4 is 59.0 Å². The first-order valence-electron chi connectivity index (χ1n) is 17.2. The normalized spacial score (nSPS) is 11.5. The van der Waals surface area contributed by atoms with Gasteiger partial charge in [-0.15, -0.1) is 11.3 Å². The number of nitro benzene ring substituents is 1. The molecule has 3 heterocycles. The van der Waals surface area contributed by atoms with Gasteiger partial charge in [-0.25, -0.2) is 15.0 Å². The van der Waals surface area contributed by atoms with Gasteiger partial charge in [0.25, 0.3) is 5.69 Å². The first-order valence-corrected chi connectivity index (χ1v) is 18.0. The predicted molar refractivity (Wildman–Crippen MR) is 215 cm³/mol. The molecule has 0 spiro atoms. The average Bonchev–Trinajstić information content (AvgIpc) is 3.77. The van der Waals surface area contributed by atoms with E-state index in [0.29, 0.717) is 23.0 Å². The topological polar surface area (TPSA) is 86.7 Å². The molecule has 0 fully saturated rings. The van der Waals surface area contributed by atoms with Gasteiger partial charge in [-0.3, -0.25) is 10.1 Å². The number of fused-ring (bicyclic) bond motifs is 7. The lowest BCUT2D eigenvalue weighted by Gasteiger charge is -2.16. The molecule has 0 unspecified atom stereocenters. The van der Waals surface area contributed by atoms with E-state index in [1.54, 1.807) is 12.1 Å². The number of benzene rings is 7. The van der Waals surface area contributed by atoms with Gasteiger partial charge in [-0.05, 0) is 42.0 Å². The van der Waals surface area contributed by atoms with E-state index in [-0.39, 0.29) is 10.6 Å². The highest BCUT2D eigenvalue weighted by Gasteiger charge is 2.21. The Morgan fingerprint density at radius 1 is 0.509 bits per heavy atom. The lowest BCUT2D eigenvalue weighted by molar-refractivity contribution is -0.384. The first kappa shape index (κ1) is 30.8. The van der Waals surface area contributed by atoms with E-state index in [4.69, 9.17) is 15.0 Å². The molecule has 8 heteroatoms. The molecule has 0 radical (unpaired) electrons. The van der Waals surface area contributed by atoms with Gasteiger partial charge in [0.2, 0.25) is 0 Å². The number of hydrogen-bond acceptors (Lipinski definition) is 6. The molecule has 10 rings (SSSR count). The van der Waals surface area contributed by atoms with Crippen LogP contribution in [0.1, 0.15) is 0 Å². The van der Waals surface area contributed by atoms with E-state index in [1.807, 2.05) is 90.2 Å². The van der Waals surface area contributed by atoms with Crippen LogP contribution < -0.4 is 0 Å². The fourth-order valence-corrected chi connectivity index (χ4v) is 8.58. The number of rotatable bonds is 6. The number of nitro groups is 1. The van der Waals surface area contributed by atoms with E-state index in [2.05, 4.69) is 71.3 Å². The fraction of sp³-hybridized carbons (Fsp3) is 0. The molecule has 0 atom stereocenters. The fourth-order valence-electron chi connectivity index (χ4n) is 7.32. The summed E-state index contributed by atoms with van der Waals surface area (Å²) in [6.45, 7) is 0. The Bertz CT molecular complexity index is 2990. The largest absolute Gasteiger partial charge is 0.309 e. The molecule has 3 aromatic heterocycles. The summed E-state index contributed by atoms with van der Waals surface area (Å²) in [4.78, 5) is 26.6. The van der Waals surface area contributed by atoms with Gasteiger partial charge in [0.1, 0.15) is 0 Å². The zero-order chi connectivity index (χ0) is 35.5. The zero-order valence-corrected chi connectivity index (χ0v) is 28.9. The van der Waals surface area contributed by atoms with Crippen LogP contribution in [0.5, 0.6) is 0 Å². The summed E-state index contributed by atoms with van der Waals surface area (Å²) in [7, 11) is 0. The summed E-state index contributed by atoms with van der Waals surface area (Å²) in [6, 6.07) is 54.2. The molecular weight excluding hydrogens is 675 g/mol. The smallest absolute Gasteiger partial charge is 0.270 e. The molecule has 10 aromatic rings. The molecule has 0 saturated carbocycles. The van der Waals surface area contributed by atoms with Crippen LogP contribution in [0.25, 0.3) is 93.0 Å². The second kappa shape index (κ2) is 12.3. The maximum atomic E-state index is 12.1. The van der Waals surface area contributed by atoms with Crippen LogP contribution in [0.3, 0.4) is 0 Å². The van der Waals surface area contributed by atoms with Crippen molar-refractivity contribution in [2.24, 2.45) is 0 Å². The molecular formula is C45H27N5O2S. The summed E-state index contributed by atoms with van der Waals surface area (Å²) < 4.78 is 4.76. The Kier molecular flexibility index (Phi) is 7.16. The maximum Gasteiger partial charge on any atom is 0.270 e. The highest BCUT2D eigenvalue weighted by molar-refractivity contribution is 7.26. The second-order valence-corrected chi connectivity index (χ2v) is 13.9. The van der Waals surface area contributed by atoms with Gasteiger partial charge < -0.3 is 4.57 Å². The molecule has 0 saturated heterocycles. The standard InChI is InChI=1S/C45H27N5O2S/c51-50(52)32-17-11-16-30(26-32)36-27-31(45-47-43(28-12-3-1-4-13-28)46-44(48-45)29-14-5-2-6-15-29)22-24-38(36)49-37-20-9-7-19-35(37)41-39(49)25-23-34-33-18-8-10-21-40(33)53-42(34)41/h1-27H. The molecule has 0 N–H and O–H groups in total. The summed E-state index contributed by atoms with van der Waals surface area (Å²) in [5.41, 5.74) is 7.06. The lowest BCUT2D eigenvalue weighted by Crippen LogP contribution is -2.02. The van der Waals surface area contributed by atoms with Crippen LogP contribution in [0.15, 0.2) is 164 Å². The van der Waals surface area contributed by atoms with Crippen LogP contribution in [0.2, 0.25) is 0 Å². The van der Waals surface area contributed by atoms with Crippen LogP contribution in [0, 0.1) is 10.1 Å². The predicted octanol–water partition coefficient (Wildman–Crippen LogP) is 11.9. The minimum atomic E-state index is -0.351. The molecule has 0 aliphatic heterocycles. The summed E-state index contributed by atoms with van der Waals surface area (Å²) in [5, 5.41) is 16.9. The van der Waals surface area contributed by atoms with E-state index in [1.165, 1.54) is 31.6 Å². The molecule has 250 valence electrons. The van der Waals surface area contributed by atoms with Crippen LogP contribution in [-0.4, -0.2) is 24.4 Å². The van der Waals surface area contributed by atoms with Crippen molar-refractivity contribution in [1.29, 1.82) is 0 Å². The summed E-state index contributed by atoms with van der Waals surface area (Å²) >= 11 is 1.81. The van der Waals surface area contributed by atoms with E-state index in [0.717, 1.165) is 44.4 Å². The molecule has 7 nitrogen and oxygen atoms in total. The average molecular weight is 702 g/mol. The Morgan fingerprint density at radius 3 is 1.85 bits per heavy atom. The monoisotopic (exact) mass is 701 g/mol. The van der Waals surface area contributed by atoms with Gasteiger partial charge in [-0.2, -0.15) is 0 Å². The molecule has 7 aromatic carbocycles. The number of aromatic nitrogens is 4. The zero-order valence-electron chi connectivity index (χ0n) is 28.0. The lowest BCUT2D eigenvalue weighted by atomic mass is 9.99.